The van der Waals surface area contributed by atoms with Crippen molar-refractivity contribution in [3.63, 3.8) is 0 Å². The highest BCUT2D eigenvalue weighted by Crippen LogP contribution is 2.35. The predicted molar refractivity (Wildman–Crippen MR) is 83.0 cm³/mol. The summed E-state index contributed by atoms with van der Waals surface area (Å²) in [4.78, 5) is 2.40. The Hall–Kier alpha value is -0.700. The van der Waals surface area contributed by atoms with E-state index in [-0.39, 0.29) is 0 Å². The van der Waals surface area contributed by atoms with Gasteiger partial charge in [0.2, 0.25) is 0 Å². The van der Waals surface area contributed by atoms with Crippen LogP contribution >= 0.6 is 15.9 Å². The third-order valence-electron chi connectivity index (χ3n) is 4.26. The van der Waals surface area contributed by atoms with Gasteiger partial charge in [-0.05, 0) is 37.0 Å². The number of benzene rings is 1. The van der Waals surface area contributed by atoms with Gasteiger partial charge in [-0.2, -0.15) is 0 Å². The fraction of sp³-hybridized carbons (Fsp3) is 0.600. The molecule has 2 N–H and O–H groups in total. The van der Waals surface area contributed by atoms with Gasteiger partial charge in [-0.25, -0.2) is 0 Å². The van der Waals surface area contributed by atoms with E-state index >= 15 is 0 Å². The van der Waals surface area contributed by atoms with Crippen LogP contribution in [0.15, 0.2) is 22.7 Å². The van der Waals surface area contributed by atoms with Crippen molar-refractivity contribution < 1.29 is 0 Å². The number of nitrogens with two attached hydrogens (primary N) is 1. The van der Waals surface area contributed by atoms with E-state index in [1.807, 2.05) is 6.07 Å². The number of anilines is 2. The quantitative estimate of drug-likeness (QED) is 0.836. The van der Waals surface area contributed by atoms with E-state index < -0.39 is 0 Å². The fourth-order valence-corrected chi connectivity index (χ4v) is 3.58. The van der Waals surface area contributed by atoms with E-state index in [1.165, 1.54) is 37.8 Å². The molecule has 1 aliphatic rings. The molecule has 2 rings (SSSR count). The summed E-state index contributed by atoms with van der Waals surface area (Å²) in [5, 5.41) is 0. The molecule has 0 heterocycles. The zero-order valence-corrected chi connectivity index (χ0v) is 12.9. The Labute approximate surface area is 119 Å². The highest BCUT2D eigenvalue weighted by Gasteiger charge is 2.27. The molecular formula is C15H23BrN2. The SMILES string of the molecule is CCC1CCCCC1N(C)c1ccc(Br)cc1N. The summed E-state index contributed by atoms with van der Waals surface area (Å²) in [6.07, 6.45) is 6.67. The lowest BCUT2D eigenvalue weighted by molar-refractivity contribution is 0.292. The first-order valence-electron chi connectivity index (χ1n) is 6.91. The standard InChI is InChI=1S/C15H23BrN2/c1-3-11-6-4-5-7-14(11)18(2)15-9-8-12(16)10-13(15)17/h8-11,14H,3-7,17H2,1-2H3. The summed E-state index contributed by atoms with van der Waals surface area (Å²) in [5.41, 5.74) is 8.18. The van der Waals surface area contributed by atoms with E-state index in [1.54, 1.807) is 0 Å². The van der Waals surface area contributed by atoms with Crippen molar-refractivity contribution in [2.45, 2.75) is 45.1 Å². The van der Waals surface area contributed by atoms with E-state index in [2.05, 4.69) is 46.9 Å². The molecule has 100 valence electrons. The van der Waals surface area contributed by atoms with Gasteiger partial charge >= 0.3 is 0 Å². The van der Waals surface area contributed by atoms with Crippen molar-refractivity contribution in [3.8, 4) is 0 Å². The Bertz CT molecular complexity index is 405. The Balaban J connectivity index is 2.20. The summed E-state index contributed by atoms with van der Waals surface area (Å²) >= 11 is 3.47. The van der Waals surface area contributed by atoms with E-state index in [0.717, 1.165) is 16.1 Å². The Kier molecular flexibility index (Phi) is 4.55. The Morgan fingerprint density at radius 1 is 1.33 bits per heavy atom. The minimum absolute atomic E-state index is 0.646. The molecule has 2 atom stereocenters. The molecule has 1 aliphatic carbocycles. The largest absolute Gasteiger partial charge is 0.397 e. The van der Waals surface area contributed by atoms with Gasteiger partial charge in [0, 0.05) is 17.6 Å². The van der Waals surface area contributed by atoms with E-state index in [4.69, 9.17) is 5.73 Å². The second-order valence-electron chi connectivity index (χ2n) is 5.33. The molecule has 0 saturated heterocycles. The van der Waals surface area contributed by atoms with E-state index in [0.29, 0.717) is 6.04 Å². The summed E-state index contributed by atoms with van der Waals surface area (Å²) < 4.78 is 1.05. The maximum atomic E-state index is 6.14. The summed E-state index contributed by atoms with van der Waals surface area (Å²) in [7, 11) is 2.19. The minimum atomic E-state index is 0.646. The van der Waals surface area contributed by atoms with Crippen LogP contribution in [0.1, 0.15) is 39.0 Å². The molecule has 1 aromatic rings. The molecule has 0 bridgehead atoms. The zero-order chi connectivity index (χ0) is 13.1. The minimum Gasteiger partial charge on any atom is -0.397 e. The molecular weight excluding hydrogens is 288 g/mol. The maximum absolute atomic E-state index is 6.14. The van der Waals surface area contributed by atoms with Crippen LogP contribution in [-0.4, -0.2) is 13.1 Å². The van der Waals surface area contributed by atoms with Crippen molar-refractivity contribution >= 4 is 27.3 Å². The lowest BCUT2D eigenvalue weighted by Crippen LogP contribution is -2.40. The van der Waals surface area contributed by atoms with Gasteiger partial charge in [-0.3, -0.25) is 0 Å². The average molecular weight is 311 g/mol. The van der Waals surface area contributed by atoms with Crippen LogP contribution < -0.4 is 10.6 Å². The van der Waals surface area contributed by atoms with Crippen molar-refractivity contribution in [3.05, 3.63) is 22.7 Å². The lowest BCUT2D eigenvalue weighted by atomic mass is 9.82. The summed E-state index contributed by atoms with van der Waals surface area (Å²) in [6, 6.07) is 6.84. The number of hydrogen-bond acceptors (Lipinski definition) is 2. The predicted octanol–water partition coefficient (Wildman–Crippen LogP) is 4.44. The zero-order valence-electron chi connectivity index (χ0n) is 11.3. The second kappa shape index (κ2) is 5.96. The fourth-order valence-electron chi connectivity index (χ4n) is 3.20. The van der Waals surface area contributed by atoms with Gasteiger partial charge in [-0.15, -0.1) is 0 Å². The van der Waals surface area contributed by atoms with Crippen LogP contribution in [-0.2, 0) is 0 Å². The second-order valence-corrected chi connectivity index (χ2v) is 6.25. The third kappa shape index (κ3) is 2.82. The first kappa shape index (κ1) is 13.7. The molecule has 1 saturated carbocycles. The average Bonchev–Trinajstić information content (AvgIpc) is 2.38. The van der Waals surface area contributed by atoms with Crippen LogP contribution in [0.4, 0.5) is 11.4 Å². The molecule has 2 unspecified atom stereocenters. The number of nitrogens with zero attached hydrogens (tertiary/aromatic N) is 1. The molecule has 1 aromatic carbocycles. The van der Waals surface area contributed by atoms with Crippen molar-refractivity contribution in [1.29, 1.82) is 0 Å². The molecule has 0 radical (unpaired) electrons. The summed E-state index contributed by atoms with van der Waals surface area (Å²) in [6.45, 7) is 2.31. The van der Waals surface area contributed by atoms with Crippen molar-refractivity contribution in [2.24, 2.45) is 5.92 Å². The molecule has 3 heteroatoms. The number of halogens is 1. The van der Waals surface area contributed by atoms with Crippen LogP contribution in [0.3, 0.4) is 0 Å². The Morgan fingerprint density at radius 2 is 2.06 bits per heavy atom. The molecule has 0 amide bonds. The van der Waals surface area contributed by atoms with Crippen molar-refractivity contribution in [1.82, 2.24) is 0 Å². The number of nitrogen functional groups attached to an aromatic ring is 1. The highest BCUT2D eigenvalue weighted by molar-refractivity contribution is 9.10. The van der Waals surface area contributed by atoms with Crippen LogP contribution in [0.25, 0.3) is 0 Å². The van der Waals surface area contributed by atoms with Crippen molar-refractivity contribution in [2.75, 3.05) is 17.7 Å². The third-order valence-corrected chi connectivity index (χ3v) is 4.75. The first-order chi connectivity index (χ1) is 8.63. The first-order valence-corrected chi connectivity index (χ1v) is 7.70. The maximum Gasteiger partial charge on any atom is 0.0600 e. The number of hydrogen-bond donors (Lipinski definition) is 1. The van der Waals surface area contributed by atoms with Crippen LogP contribution in [0.2, 0.25) is 0 Å². The smallest absolute Gasteiger partial charge is 0.0600 e. The van der Waals surface area contributed by atoms with Gasteiger partial charge in [0.05, 0.1) is 11.4 Å². The lowest BCUT2D eigenvalue weighted by Gasteiger charge is -2.39. The monoisotopic (exact) mass is 310 g/mol. The van der Waals surface area contributed by atoms with Crippen LogP contribution in [0.5, 0.6) is 0 Å². The highest BCUT2D eigenvalue weighted by atomic mass is 79.9. The van der Waals surface area contributed by atoms with Gasteiger partial charge in [0.15, 0.2) is 0 Å². The summed E-state index contributed by atoms with van der Waals surface area (Å²) in [5.74, 6) is 0.812. The van der Waals surface area contributed by atoms with Gasteiger partial charge in [0.1, 0.15) is 0 Å². The van der Waals surface area contributed by atoms with Crippen LogP contribution in [0, 0.1) is 5.92 Å². The molecule has 2 nitrogen and oxygen atoms in total. The normalized spacial score (nSPS) is 23.9. The van der Waals surface area contributed by atoms with Gasteiger partial charge < -0.3 is 10.6 Å². The molecule has 0 spiro atoms. The Morgan fingerprint density at radius 3 is 2.72 bits per heavy atom. The number of rotatable bonds is 3. The molecule has 0 aliphatic heterocycles. The molecule has 18 heavy (non-hydrogen) atoms. The van der Waals surface area contributed by atoms with Gasteiger partial charge in [-0.1, -0.05) is 42.1 Å². The van der Waals surface area contributed by atoms with Gasteiger partial charge in [0.25, 0.3) is 0 Å². The molecule has 1 fully saturated rings. The van der Waals surface area contributed by atoms with E-state index in [9.17, 15) is 0 Å². The molecule has 0 aromatic heterocycles. The topological polar surface area (TPSA) is 29.3 Å².